The van der Waals surface area contributed by atoms with Crippen LogP contribution in [0.15, 0.2) is 53.8 Å². The highest BCUT2D eigenvalue weighted by Crippen LogP contribution is 2.25. The maximum Gasteiger partial charge on any atom is 0.177 e. The number of aromatic nitrogens is 3. The lowest BCUT2D eigenvalue weighted by Gasteiger charge is -2.38. The highest BCUT2D eigenvalue weighted by molar-refractivity contribution is 7.90. The van der Waals surface area contributed by atoms with E-state index in [1.165, 1.54) is 18.0 Å². The summed E-state index contributed by atoms with van der Waals surface area (Å²) in [6.07, 6.45) is 6.07. The molecule has 1 saturated heterocycles. The van der Waals surface area contributed by atoms with Crippen molar-refractivity contribution in [2.45, 2.75) is 17.9 Å². The van der Waals surface area contributed by atoms with Crippen molar-refractivity contribution in [3.05, 3.63) is 54.5 Å². The molecule has 0 saturated carbocycles. The monoisotopic (exact) mass is 397 g/mol. The second-order valence-corrected chi connectivity index (χ2v) is 9.14. The molecule has 1 fully saturated rings. The molecule has 146 valence electrons. The predicted molar refractivity (Wildman–Crippen MR) is 109 cm³/mol. The van der Waals surface area contributed by atoms with Crippen molar-refractivity contribution < 1.29 is 8.42 Å². The number of rotatable bonds is 4. The highest BCUT2D eigenvalue weighted by atomic mass is 32.2. The topological polar surface area (TPSA) is 79.3 Å². The van der Waals surface area contributed by atoms with Gasteiger partial charge in [-0.3, -0.25) is 14.9 Å². The van der Waals surface area contributed by atoms with Crippen molar-refractivity contribution in [1.82, 2.24) is 19.9 Å². The summed E-state index contributed by atoms with van der Waals surface area (Å²) in [5.74, 6) is 0.820. The third-order valence-corrected chi connectivity index (χ3v) is 6.41. The molecular weight excluding hydrogens is 374 g/mol. The predicted octanol–water partition coefficient (Wildman–Crippen LogP) is 2.31. The van der Waals surface area contributed by atoms with E-state index in [1.807, 2.05) is 6.07 Å². The number of sulfone groups is 1. The molecule has 1 atom stereocenters. The van der Waals surface area contributed by atoms with Gasteiger partial charge in [-0.15, -0.1) is 0 Å². The molecule has 8 heteroatoms. The molecule has 4 rings (SSSR count). The van der Waals surface area contributed by atoms with Crippen LogP contribution in [0.3, 0.4) is 0 Å². The summed E-state index contributed by atoms with van der Waals surface area (Å²) in [6.45, 7) is 5.74. The van der Waals surface area contributed by atoms with Crippen LogP contribution < -0.4 is 4.90 Å². The molecule has 2 aromatic heterocycles. The molecule has 1 aliphatic rings. The van der Waals surface area contributed by atoms with Gasteiger partial charge in [-0.2, -0.15) is 0 Å². The van der Waals surface area contributed by atoms with E-state index in [9.17, 15) is 8.42 Å². The number of hydrogen-bond donors (Lipinski definition) is 0. The Bertz CT molecular complexity index is 1080. The van der Waals surface area contributed by atoms with Gasteiger partial charge in [0.05, 0.1) is 15.9 Å². The number of piperazine rings is 1. The minimum atomic E-state index is -3.22. The van der Waals surface area contributed by atoms with E-state index in [0.717, 1.165) is 43.0 Å². The number of nitrogens with zero attached hydrogens (tertiary/aromatic N) is 5. The first-order valence-corrected chi connectivity index (χ1v) is 11.2. The van der Waals surface area contributed by atoms with Crippen LogP contribution in [0.2, 0.25) is 0 Å². The Hall–Kier alpha value is -2.58. The van der Waals surface area contributed by atoms with Crippen molar-refractivity contribution in [1.29, 1.82) is 0 Å². The zero-order valence-corrected chi connectivity index (χ0v) is 16.8. The van der Waals surface area contributed by atoms with Crippen LogP contribution in [0.4, 0.5) is 5.82 Å². The molecule has 7 nitrogen and oxygen atoms in total. The average molecular weight is 398 g/mol. The van der Waals surface area contributed by atoms with E-state index in [4.69, 9.17) is 0 Å². The van der Waals surface area contributed by atoms with Crippen LogP contribution in [-0.2, 0) is 9.84 Å². The van der Waals surface area contributed by atoms with Gasteiger partial charge in [-0.05, 0) is 36.8 Å². The van der Waals surface area contributed by atoms with Crippen LogP contribution >= 0.6 is 0 Å². The van der Waals surface area contributed by atoms with E-state index in [-0.39, 0.29) is 10.9 Å². The second-order valence-electron chi connectivity index (χ2n) is 7.13. The fourth-order valence-corrected chi connectivity index (χ4v) is 4.13. The molecule has 0 radical (unpaired) electrons. The highest BCUT2D eigenvalue weighted by Gasteiger charge is 2.23. The molecule has 1 aromatic carbocycles. The Balaban J connectivity index is 1.43. The SMILES string of the molecule is CC(c1ccc2nccnc2c1)N1CCN(c2ccc(S(C)(=O)=O)cn2)CC1. The van der Waals surface area contributed by atoms with E-state index < -0.39 is 9.84 Å². The van der Waals surface area contributed by atoms with Gasteiger partial charge in [0.1, 0.15) is 5.82 Å². The summed E-state index contributed by atoms with van der Waals surface area (Å²) in [7, 11) is -3.22. The smallest absolute Gasteiger partial charge is 0.177 e. The maximum absolute atomic E-state index is 11.6. The fraction of sp³-hybridized carbons (Fsp3) is 0.350. The van der Waals surface area contributed by atoms with Gasteiger partial charge in [0.15, 0.2) is 9.84 Å². The number of pyridine rings is 1. The summed E-state index contributed by atoms with van der Waals surface area (Å²) in [5, 5.41) is 0. The van der Waals surface area contributed by atoms with Gasteiger partial charge in [-0.25, -0.2) is 13.4 Å². The zero-order chi connectivity index (χ0) is 19.7. The van der Waals surface area contributed by atoms with Crippen molar-refractivity contribution >= 4 is 26.7 Å². The van der Waals surface area contributed by atoms with Gasteiger partial charge >= 0.3 is 0 Å². The maximum atomic E-state index is 11.6. The van der Waals surface area contributed by atoms with Gasteiger partial charge < -0.3 is 4.90 Å². The lowest BCUT2D eigenvalue weighted by molar-refractivity contribution is 0.198. The van der Waals surface area contributed by atoms with Gasteiger partial charge in [0.25, 0.3) is 0 Å². The minimum Gasteiger partial charge on any atom is -0.354 e. The summed E-state index contributed by atoms with van der Waals surface area (Å²) in [5.41, 5.74) is 3.06. The molecule has 1 aliphatic heterocycles. The van der Waals surface area contributed by atoms with Crippen molar-refractivity contribution in [3.8, 4) is 0 Å². The Labute approximate surface area is 165 Å². The largest absolute Gasteiger partial charge is 0.354 e. The summed E-state index contributed by atoms with van der Waals surface area (Å²) in [6, 6.07) is 9.97. The van der Waals surface area contributed by atoms with Crippen molar-refractivity contribution in [3.63, 3.8) is 0 Å². The van der Waals surface area contributed by atoms with Crippen LogP contribution in [0.1, 0.15) is 18.5 Å². The molecule has 3 aromatic rings. The molecule has 0 amide bonds. The number of anilines is 1. The molecule has 1 unspecified atom stereocenters. The molecule has 3 heterocycles. The number of fused-ring (bicyclic) bond motifs is 1. The van der Waals surface area contributed by atoms with E-state index in [1.54, 1.807) is 24.5 Å². The first kappa shape index (κ1) is 18.8. The van der Waals surface area contributed by atoms with Crippen molar-refractivity contribution in [2.24, 2.45) is 0 Å². The lowest BCUT2D eigenvalue weighted by atomic mass is 10.0. The van der Waals surface area contributed by atoms with Crippen LogP contribution in [0.5, 0.6) is 0 Å². The first-order chi connectivity index (χ1) is 13.4. The molecule has 0 aliphatic carbocycles. The van der Waals surface area contributed by atoms with Crippen LogP contribution in [-0.4, -0.2) is 60.7 Å². The third kappa shape index (κ3) is 3.83. The number of hydrogen-bond acceptors (Lipinski definition) is 7. The zero-order valence-electron chi connectivity index (χ0n) is 16.0. The fourth-order valence-electron chi connectivity index (χ4n) is 3.57. The lowest BCUT2D eigenvalue weighted by Crippen LogP contribution is -2.47. The average Bonchev–Trinajstić information content (AvgIpc) is 2.72. The van der Waals surface area contributed by atoms with Crippen LogP contribution in [0.25, 0.3) is 11.0 Å². The van der Waals surface area contributed by atoms with Crippen molar-refractivity contribution in [2.75, 3.05) is 37.3 Å². The molecule has 0 bridgehead atoms. The Morgan fingerprint density at radius 3 is 2.29 bits per heavy atom. The standard InChI is InChI=1S/C20H23N5O2S/c1-15(16-3-5-18-19(13-16)22-8-7-21-18)24-9-11-25(12-10-24)20-6-4-17(14-23-20)28(2,26)27/h3-8,13-15H,9-12H2,1-2H3. The second kappa shape index (κ2) is 7.44. The van der Waals surface area contributed by atoms with E-state index in [0.29, 0.717) is 0 Å². The summed E-state index contributed by atoms with van der Waals surface area (Å²) in [4.78, 5) is 18.0. The van der Waals surface area contributed by atoms with Gasteiger partial charge in [0, 0.05) is 57.1 Å². The quantitative estimate of drug-likeness (QED) is 0.668. The van der Waals surface area contributed by atoms with E-state index in [2.05, 4.69) is 43.8 Å². The summed E-state index contributed by atoms with van der Waals surface area (Å²) >= 11 is 0. The summed E-state index contributed by atoms with van der Waals surface area (Å²) < 4.78 is 23.2. The molecule has 0 N–H and O–H groups in total. The Morgan fingerprint density at radius 1 is 0.929 bits per heavy atom. The normalized spacial score (nSPS) is 17.0. The Morgan fingerprint density at radius 2 is 1.64 bits per heavy atom. The van der Waals surface area contributed by atoms with Crippen LogP contribution in [0, 0.1) is 0 Å². The van der Waals surface area contributed by atoms with Gasteiger partial charge in [-0.1, -0.05) is 6.07 Å². The Kier molecular flexibility index (Phi) is 4.99. The third-order valence-electron chi connectivity index (χ3n) is 5.31. The van der Waals surface area contributed by atoms with E-state index >= 15 is 0 Å². The molecule has 0 spiro atoms. The molecule has 28 heavy (non-hydrogen) atoms. The minimum absolute atomic E-state index is 0.253. The first-order valence-electron chi connectivity index (χ1n) is 9.27. The number of benzene rings is 1. The van der Waals surface area contributed by atoms with Gasteiger partial charge in [0.2, 0.25) is 0 Å². The molecular formula is C20H23N5O2S.